The largest absolute Gasteiger partial charge is 0.358 e. The van der Waals surface area contributed by atoms with Crippen LogP contribution in [0.5, 0.6) is 0 Å². The van der Waals surface area contributed by atoms with Gasteiger partial charge in [0.2, 0.25) is 0 Å². The highest BCUT2D eigenvalue weighted by Gasteiger charge is 2.21. The summed E-state index contributed by atoms with van der Waals surface area (Å²) < 4.78 is 0. The molecule has 2 nitrogen and oxygen atoms in total. The normalized spacial score (nSPS) is 18.2. The zero-order valence-electron chi connectivity index (χ0n) is 11.8. The fourth-order valence-electron chi connectivity index (χ4n) is 3.16. The standard InChI is InChI=1S/C19H18N2/c1-2-6-14(7-3-1)10-11-17-19-15-8-4-5-9-16(15)21-18(19)12-13-20-17/h1-11,17,20-21H,12-13H2/b11-10+. The Labute approximate surface area is 124 Å². The van der Waals surface area contributed by atoms with E-state index in [0.29, 0.717) is 0 Å². The number of hydrogen-bond acceptors (Lipinski definition) is 1. The lowest BCUT2D eigenvalue weighted by atomic mass is 9.97. The van der Waals surface area contributed by atoms with Crippen molar-refractivity contribution in [3.63, 3.8) is 0 Å². The maximum atomic E-state index is 3.62. The van der Waals surface area contributed by atoms with Gasteiger partial charge in [0.15, 0.2) is 0 Å². The third-order valence-corrected chi connectivity index (χ3v) is 4.16. The van der Waals surface area contributed by atoms with Gasteiger partial charge in [0.1, 0.15) is 0 Å². The van der Waals surface area contributed by atoms with Crippen molar-refractivity contribution in [1.82, 2.24) is 10.3 Å². The lowest BCUT2D eigenvalue weighted by molar-refractivity contribution is 0.582. The molecule has 0 radical (unpaired) electrons. The van der Waals surface area contributed by atoms with Gasteiger partial charge in [0.25, 0.3) is 0 Å². The molecule has 0 saturated carbocycles. The van der Waals surface area contributed by atoms with Gasteiger partial charge in [-0.1, -0.05) is 60.7 Å². The van der Waals surface area contributed by atoms with Gasteiger partial charge < -0.3 is 10.3 Å². The van der Waals surface area contributed by atoms with Gasteiger partial charge in [-0.25, -0.2) is 0 Å². The van der Waals surface area contributed by atoms with Crippen LogP contribution in [0.1, 0.15) is 22.9 Å². The molecule has 1 unspecified atom stereocenters. The summed E-state index contributed by atoms with van der Waals surface area (Å²) in [5.41, 5.74) is 5.26. The van der Waals surface area contributed by atoms with E-state index in [0.717, 1.165) is 13.0 Å². The van der Waals surface area contributed by atoms with Crippen LogP contribution in [0.25, 0.3) is 17.0 Å². The first-order chi connectivity index (χ1) is 10.4. The van der Waals surface area contributed by atoms with Gasteiger partial charge >= 0.3 is 0 Å². The highest BCUT2D eigenvalue weighted by atomic mass is 14.9. The summed E-state index contributed by atoms with van der Waals surface area (Å²) in [6.07, 6.45) is 5.54. The Hall–Kier alpha value is -2.32. The SMILES string of the molecule is C(=C\C1NCCc2[nH]c3ccccc3c21)/c1ccccc1. The third-order valence-electron chi connectivity index (χ3n) is 4.16. The summed E-state index contributed by atoms with van der Waals surface area (Å²) in [7, 11) is 0. The zero-order valence-corrected chi connectivity index (χ0v) is 11.8. The van der Waals surface area contributed by atoms with Crippen molar-refractivity contribution in [2.45, 2.75) is 12.5 Å². The molecule has 4 rings (SSSR count). The molecule has 2 aromatic carbocycles. The number of aromatic amines is 1. The molecular weight excluding hydrogens is 256 g/mol. The molecular formula is C19H18N2. The first-order valence-corrected chi connectivity index (χ1v) is 7.48. The molecule has 1 atom stereocenters. The van der Waals surface area contributed by atoms with E-state index in [1.54, 1.807) is 0 Å². The molecule has 21 heavy (non-hydrogen) atoms. The number of benzene rings is 2. The van der Waals surface area contributed by atoms with E-state index in [4.69, 9.17) is 0 Å². The van der Waals surface area contributed by atoms with Crippen molar-refractivity contribution in [3.05, 3.63) is 77.5 Å². The second-order valence-corrected chi connectivity index (χ2v) is 5.51. The number of para-hydroxylation sites is 1. The number of hydrogen-bond donors (Lipinski definition) is 2. The number of aromatic nitrogens is 1. The molecule has 0 saturated heterocycles. The van der Waals surface area contributed by atoms with Crippen LogP contribution in [0.2, 0.25) is 0 Å². The molecule has 0 amide bonds. The lowest BCUT2D eigenvalue weighted by Gasteiger charge is -2.22. The summed E-state index contributed by atoms with van der Waals surface area (Å²) in [5.74, 6) is 0. The van der Waals surface area contributed by atoms with Gasteiger partial charge in [-0.15, -0.1) is 0 Å². The fraction of sp³-hybridized carbons (Fsp3) is 0.158. The maximum absolute atomic E-state index is 3.62. The number of nitrogens with one attached hydrogen (secondary N) is 2. The molecule has 1 aliphatic heterocycles. The van der Waals surface area contributed by atoms with Crippen LogP contribution in [0.3, 0.4) is 0 Å². The Morgan fingerprint density at radius 2 is 1.76 bits per heavy atom. The molecule has 2 heterocycles. The molecule has 3 aromatic rings. The molecule has 0 bridgehead atoms. The van der Waals surface area contributed by atoms with Crippen LogP contribution in [-0.4, -0.2) is 11.5 Å². The predicted molar refractivity (Wildman–Crippen MR) is 88.2 cm³/mol. The minimum absolute atomic E-state index is 0.283. The van der Waals surface area contributed by atoms with Gasteiger partial charge in [0, 0.05) is 35.1 Å². The molecule has 2 N–H and O–H groups in total. The van der Waals surface area contributed by atoms with Crippen molar-refractivity contribution in [3.8, 4) is 0 Å². The summed E-state index contributed by atoms with van der Waals surface area (Å²) in [5, 5.41) is 4.95. The van der Waals surface area contributed by atoms with E-state index < -0.39 is 0 Å². The van der Waals surface area contributed by atoms with E-state index in [2.05, 4.69) is 71.0 Å². The van der Waals surface area contributed by atoms with Crippen LogP contribution in [0.4, 0.5) is 0 Å². The summed E-state index contributed by atoms with van der Waals surface area (Å²) in [6.45, 7) is 1.02. The van der Waals surface area contributed by atoms with Gasteiger partial charge in [0.05, 0.1) is 6.04 Å². The average molecular weight is 274 g/mol. The van der Waals surface area contributed by atoms with E-state index in [1.165, 1.54) is 27.7 Å². The second-order valence-electron chi connectivity index (χ2n) is 5.51. The van der Waals surface area contributed by atoms with Crippen LogP contribution in [0, 0.1) is 0 Å². The lowest BCUT2D eigenvalue weighted by Crippen LogP contribution is -2.28. The van der Waals surface area contributed by atoms with E-state index in [-0.39, 0.29) is 6.04 Å². The van der Waals surface area contributed by atoms with Gasteiger partial charge in [-0.2, -0.15) is 0 Å². The van der Waals surface area contributed by atoms with Gasteiger partial charge in [-0.05, 0) is 11.6 Å². The minimum atomic E-state index is 0.283. The summed E-state index contributed by atoms with van der Waals surface area (Å²) in [6, 6.07) is 19.3. The highest BCUT2D eigenvalue weighted by molar-refractivity contribution is 5.85. The smallest absolute Gasteiger partial charge is 0.0533 e. The number of rotatable bonds is 2. The van der Waals surface area contributed by atoms with Crippen molar-refractivity contribution >= 4 is 17.0 Å². The van der Waals surface area contributed by atoms with Crippen molar-refractivity contribution < 1.29 is 0 Å². The molecule has 2 heteroatoms. The fourth-order valence-corrected chi connectivity index (χ4v) is 3.16. The minimum Gasteiger partial charge on any atom is -0.358 e. The topological polar surface area (TPSA) is 27.8 Å². The van der Waals surface area contributed by atoms with E-state index >= 15 is 0 Å². The third kappa shape index (κ3) is 2.28. The van der Waals surface area contributed by atoms with Crippen molar-refractivity contribution in [1.29, 1.82) is 0 Å². The van der Waals surface area contributed by atoms with E-state index in [9.17, 15) is 0 Å². The number of fused-ring (bicyclic) bond motifs is 3. The quantitative estimate of drug-likeness (QED) is 0.724. The van der Waals surface area contributed by atoms with Crippen LogP contribution in [-0.2, 0) is 6.42 Å². The Bertz CT molecular complexity index is 784. The Morgan fingerprint density at radius 1 is 0.952 bits per heavy atom. The molecule has 0 aliphatic carbocycles. The van der Waals surface area contributed by atoms with Crippen LogP contribution >= 0.6 is 0 Å². The molecule has 104 valence electrons. The zero-order chi connectivity index (χ0) is 14.1. The van der Waals surface area contributed by atoms with Crippen LogP contribution < -0.4 is 5.32 Å². The first-order valence-electron chi connectivity index (χ1n) is 7.48. The Kier molecular flexibility index (Phi) is 3.09. The molecule has 1 aliphatic rings. The van der Waals surface area contributed by atoms with Crippen LogP contribution in [0.15, 0.2) is 60.7 Å². The average Bonchev–Trinajstić information content (AvgIpc) is 2.93. The first kappa shape index (κ1) is 12.4. The monoisotopic (exact) mass is 274 g/mol. The summed E-state index contributed by atoms with van der Waals surface area (Å²) in [4.78, 5) is 3.57. The van der Waals surface area contributed by atoms with Gasteiger partial charge in [-0.3, -0.25) is 0 Å². The second kappa shape index (κ2) is 5.23. The molecule has 0 spiro atoms. The highest BCUT2D eigenvalue weighted by Crippen LogP contribution is 2.32. The van der Waals surface area contributed by atoms with E-state index in [1.807, 2.05) is 6.07 Å². The predicted octanol–water partition coefficient (Wildman–Crippen LogP) is 4.07. The Balaban J connectivity index is 1.74. The number of H-pyrrole nitrogens is 1. The maximum Gasteiger partial charge on any atom is 0.0533 e. The van der Waals surface area contributed by atoms with Crippen molar-refractivity contribution in [2.75, 3.05) is 6.54 Å². The Morgan fingerprint density at radius 3 is 2.67 bits per heavy atom. The van der Waals surface area contributed by atoms with Crippen molar-refractivity contribution in [2.24, 2.45) is 0 Å². The molecule has 1 aromatic heterocycles. The molecule has 0 fully saturated rings. The summed E-state index contributed by atoms with van der Waals surface area (Å²) >= 11 is 0.